The molecule has 0 saturated carbocycles. The molecule has 0 aliphatic rings. The van der Waals surface area contributed by atoms with Gasteiger partial charge < -0.3 is 5.32 Å². The molecule has 0 spiro atoms. The fourth-order valence-electron chi connectivity index (χ4n) is 1.62. The van der Waals surface area contributed by atoms with E-state index in [-0.39, 0.29) is 5.75 Å². The predicted octanol–water partition coefficient (Wildman–Crippen LogP) is 2.19. The highest BCUT2D eigenvalue weighted by molar-refractivity contribution is 7.99. The van der Waals surface area contributed by atoms with Crippen LogP contribution in [0.1, 0.15) is 12.8 Å². The highest BCUT2D eigenvalue weighted by atomic mass is 32.2. The molecule has 1 unspecified atom stereocenters. The Labute approximate surface area is 114 Å². The first-order valence-corrected chi connectivity index (χ1v) is 9.09. The third-order valence-electron chi connectivity index (χ3n) is 2.67. The first-order valence-electron chi connectivity index (χ1n) is 6.04. The van der Waals surface area contributed by atoms with Crippen molar-refractivity contribution in [3.05, 3.63) is 30.3 Å². The van der Waals surface area contributed by atoms with Crippen molar-refractivity contribution in [3.8, 4) is 0 Å². The summed E-state index contributed by atoms with van der Waals surface area (Å²) in [6, 6.07) is 10.6. The van der Waals surface area contributed by atoms with Crippen LogP contribution in [0, 0.1) is 0 Å². The standard InChI is InChI=1S/C13H21NO2S2/c1-14-12(7-6-10-18(2,15)16)11-17-13-8-4-3-5-9-13/h3-5,8-9,12,14H,6-7,10-11H2,1-2H3. The van der Waals surface area contributed by atoms with Crippen LogP contribution in [0.15, 0.2) is 35.2 Å². The molecule has 0 aliphatic carbocycles. The van der Waals surface area contributed by atoms with Gasteiger partial charge in [-0.3, -0.25) is 0 Å². The largest absolute Gasteiger partial charge is 0.316 e. The van der Waals surface area contributed by atoms with E-state index in [1.165, 1.54) is 11.2 Å². The van der Waals surface area contributed by atoms with Crippen molar-refractivity contribution >= 4 is 21.6 Å². The summed E-state index contributed by atoms with van der Waals surface area (Å²) >= 11 is 1.80. The Morgan fingerprint density at radius 1 is 1.28 bits per heavy atom. The molecule has 1 aromatic carbocycles. The first kappa shape index (κ1) is 15.5. The molecule has 0 saturated heterocycles. The lowest BCUT2D eigenvalue weighted by Crippen LogP contribution is -2.28. The summed E-state index contributed by atoms with van der Waals surface area (Å²) in [4.78, 5) is 1.25. The van der Waals surface area contributed by atoms with Gasteiger partial charge in [0.1, 0.15) is 9.84 Å². The number of rotatable bonds is 8. The van der Waals surface area contributed by atoms with Crippen LogP contribution in [0.25, 0.3) is 0 Å². The normalized spacial score (nSPS) is 13.4. The Hall–Kier alpha value is -0.520. The van der Waals surface area contributed by atoms with Gasteiger partial charge in [0.2, 0.25) is 0 Å². The summed E-state index contributed by atoms with van der Waals surface area (Å²) in [6.07, 6.45) is 2.91. The maximum Gasteiger partial charge on any atom is 0.147 e. The molecule has 1 aromatic rings. The van der Waals surface area contributed by atoms with Crippen LogP contribution in [-0.2, 0) is 9.84 Å². The van der Waals surface area contributed by atoms with E-state index < -0.39 is 9.84 Å². The second kappa shape index (κ2) is 7.81. The van der Waals surface area contributed by atoms with Crippen molar-refractivity contribution in [3.63, 3.8) is 0 Å². The van der Waals surface area contributed by atoms with E-state index in [1.807, 2.05) is 25.2 Å². The van der Waals surface area contributed by atoms with Crippen LogP contribution in [-0.4, -0.2) is 39.3 Å². The molecule has 0 radical (unpaired) electrons. The van der Waals surface area contributed by atoms with Crippen LogP contribution in [0.2, 0.25) is 0 Å². The molecule has 5 heteroatoms. The van der Waals surface area contributed by atoms with Gasteiger partial charge in [0, 0.05) is 28.7 Å². The summed E-state index contributed by atoms with van der Waals surface area (Å²) in [5.41, 5.74) is 0. The average Bonchev–Trinajstić information content (AvgIpc) is 2.33. The Balaban J connectivity index is 2.30. The third kappa shape index (κ3) is 7.03. The van der Waals surface area contributed by atoms with Crippen LogP contribution in [0.5, 0.6) is 0 Å². The smallest absolute Gasteiger partial charge is 0.147 e. The van der Waals surface area contributed by atoms with Crippen molar-refractivity contribution in [1.29, 1.82) is 0 Å². The van der Waals surface area contributed by atoms with Gasteiger partial charge in [0.15, 0.2) is 0 Å². The third-order valence-corrected chi connectivity index (χ3v) is 4.88. The average molecular weight is 287 g/mol. The van der Waals surface area contributed by atoms with Crippen molar-refractivity contribution in [2.75, 3.05) is 24.8 Å². The molecule has 0 aliphatic heterocycles. The van der Waals surface area contributed by atoms with Gasteiger partial charge in [-0.1, -0.05) is 18.2 Å². The SMILES string of the molecule is CNC(CCCS(C)(=O)=O)CSc1ccccc1. The van der Waals surface area contributed by atoms with Gasteiger partial charge in [-0.05, 0) is 32.0 Å². The van der Waals surface area contributed by atoms with E-state index in [0.717, 1.165) is 18.6 Å². The number of sulfone groups is 1. The molecule has 0 heterocycles. The molecule has 0 fully saturated rings. The molecule has 1 rings (SSSR count). The summed E-state index contributed by atoms with van der Waals surface area (Å²) in [7, 11) is -0.902. The molecule has 0 amide bonds. The van der Waals surface area contributed by atoms with Crippen LogP contribution in [0.3, 0.4) is 0 Å². The molecular formula is C13H21NO2S2. The van der Waals surface area contributed by atoms with Crippen molar-refractivity contribution in [1.82, 2.24) is 5.32 Å². The van der Waals surface area contributed by atoms with Gasteiger partial charge in [-0.15, -0.1) is 11.8 Å². The highest BCUT2D eigenvalue weighted by Crippen LogP contribution is 2.19. The van der Waals surface area contributed by atoms with Gasteiger partial charge >= 0.3 is 0 Å². The number of benzene rings is 1. The fourth-order valence-corrected chi connectivity index (χ4v) is 3.38. The number of hydrogen-bond acceptors (Lipinski definition) is 4. The summed E-state index contributed by atoms with van der Waals surface area (Å²) in [6.45, 7) is 0. The van der Waals surface area contributed by atoms with Gasteiger partial charge in [-0.2, -0.15) is 0 Å². The van der Waals surface area contributed by atoms with E-state index in [0.29, 0.717) is 6.04 Å². The van der Waals surface area contributed by atoms with Crippen molar-refractivity contribution in [2.45, 2.75) is 23.8 Å². The van der Waals surface area contributed by atoms with Gasteiger partial charge in [-0.25, -0.2) is 8.42 Å². The molecule has 1 N–H and O–H groups in total. The zero-order valence-corrected chi connectivity index (χ0v) is 12.6. The van der Waals surface area contributed by atoms with E-state index in [4.69, 9.17) is 0 Å². The summed E-state index contributed by atoms with van der Waals surface area (Å²) in [5, 5.41) is 3.24. The number of thioether (sulfide) groups is 1. The molecule has 0 aromatic heterocycles. The first-order chi connectivity index (χ1) is 8.51. The molecule has 102 valence electrons. The lowest BCUT2D eigenvalue weighted by molar-refractivity contribution is 0.556. The Morgan fingerprint density at radius 2 is 1.94 bits per heavy atom. The Bertz CT molecular complexity index is 432. The Kier molecular flexibility index (Phi) is 6.75. The lowest BCUT2D eigenvalue weighted by atomic mass is 10.2. The quantitative estimate of drug-likeness (QED) is 0.745. The maximum atomic E-state index is 11.1. The molecule has 0 bridgehead atoms. The van der Waals surface area contributed by atoms with E-state index in [9.17, 15) is 8.42 Å². The number of nitrogens with one attached hydrogen (secondary N) is 1. The predicted molar refractivity (Wildman–Crippen MR) is 79.0 cm³/mol. The maximum absolute atomic E-state index is 11.1. The molecule has 1 atom stereocenters. The second-order valence-electron chi connectivity index (χ2n) is 4.38. The van der Waals surface area contributed by atoms with Gasteiger partial charge in [0.05, 0.1) is 0 Å². The zero-order valence-electron chi connectivity index (χ0n) is 10.9. The highest BCUT2D eigenvalue weighted by Gasteiger charge is 2.09. The minimum absolute atomic E-state index is 0.279. The van der Waals surface area contributed by atoms with Crippen LogP contribution < -0.4 is 5.32 Å². The molecular weight excluding hydrogens is 266 g/mol. The van der Waals surface area contributed by atoms with Crippen LogP contribution >= 0.6 is 11.8 Å². The van der Waals surface area contributed by atoms with Crippen molar-refractivity contribution < 1.29 is 8.42 Å². The summed E-state index contributed by atoms with van der Waals surface area (Å²) < 4.78 is 22.1. The molecule has 3 nitrogen and oxygen atoms in total. The number of hydrogen-bond donors (Lipinski definition) is 1. The Morgan fingerprint density at radius 3 is 2.50 bits per heavy atom. The minimum Gasteiger partial charge on any atom is -0.316 e. The van der Waals surface area contributed by atoms with Gasteiger partial charge in [0.25, 0.3) is 0 Å². The second-order valence-corrected chi connectivity index (χ2v) is 7.73. The van der Waals surface area contributed by atoms with Crippen LogP contribution in [0.4, 0.5) is 0 Å². The minimum atomic E-state index is -2.83. The topological polar surface area (TPSA) is 46.2 Å². The van der Waals surface area contributed by atoms with E-state index in [2.05, 4.69) is 17.4 Å². The van der Waals surface area contributed by atoms with E-state index >= 15 is 0 Å². The monoisotopic (exact) mass is 287 g/mol. The lowest BCUT2D eigenvalue weighted by Gasteiger charge is -2.15. The molecule has 18 heavy (non-hydrogen) atoms. The van der Waals surface area contributed by atoms with E-state index in [1.54, 1.807) is 11.8 Å². The summed E-state index contributed by atoms with van der Waals surface area (Å²) in [5.74, 6) is 1.24. The van der Waals surface area contributed by atoms with Crippen molar-refractivity contribution in [2.24, 2.45) is 0 Å². The zero-order chi connectivity index (χ0) is 13.4. The fraction of sp³-hybridized carbons (Fsp3) is 0.538.